The maximum absolute atomic E-state index is 9.80. The molecule has 0 unspecified atom stereocenters. The fourth-order valence-corrected chi connectivity index (χ4v) is 4.33. The van der Waals surface area contributed by atoms with Crippen molar-refractivity contribution in [2.24, 2.45) is 0 Å². The van der Waals surface area contributed by atoms with E-state index in [0.717, 1.165) is 42.2 Å². The van der Waals surface area contributed by atoms with Gasteiger partial charge in [0.1, 0.15) is 11.8 Å². The molecule has 1 aromatic carbocycles. The quantitative estimate of drug-likeness (QED) is 0.389. The maximum atomic E-state index is 9.80. The number of aromatic nitrogens is 5. The molecule has 1 aliphatic rings. The van der Waals surface area contributed by atoms with Gasteiger partial charge >= 0.3 is 0 Å². The average molecular weight is 464 g/mol. The van der Waals surface area contributed by atoms with Gasteiger partial charge in [0, 0.05) is 18.8 Å². The third-order valence-electron chi connectivity index (χ3n) is 5.88. The van der Waals surface area contributed by atoms with Crippen LogP contribution >= 0.6 is 0 Å². The highest BCUT2D eigenvalue weighted by molar-refractivity contribution is 5.71. The molecule has 1 saturated heterocycles. The summed E-state index contributed by atoms with van der Waals surface area (Å²) in [6, 6.07) is 9.80. The summed E-state index contributed by atoms with van der Waals surface area (Å²) in [6.45, 7) is 5.98. The first-order valence-corrected chi connectivity index (χ1v) is 11.6. The summed E-state index contributed by atoms with van der Waals surface area (Å²) in [5.41, 5.74) is 1.81. The Kier molecular flexibility index (Phi) is 6.22. The lowest BCUT2D eigenvalue weighted by molar-refractivity contribution is 0.266. The second-order valence-electron chi connectivity index (χ2n) is 8.06. The van der Waals surface area contributed by atoms with Crippen LogP contribution in [0.5, 0.6) is 11.5 Å². The summed E-state index contributed by atoms with van der Waals surface area (Å²) in [4.78, 5) is 11.4. The van der Waals surface area contributed by atoms with Crippen molar-refractivity contribution in [3.8, 4) is 17.2 Å². The largest absolute Gasteiger partial charge is 0.490 e. The number of anilines is 3. The number of nitrogens with zero attached hydrogens (tertiary/aromatic N) is 6. The van der Waals surface area contributed by atoms with Crippen molar-refractivity contribution in [3.63, 3.8) is 0 Å². The van der Waals surface area contributed by atoms with Gasteiger partial charge in [0.2, 0.25) is 5.95 Å². The van der Waals surface area contributed by atoms with Gasteiger partial charge in [-0.2, -0.15) is 4.98 Å². The van der Waals surface area contributed by atoms with Crippen LogP contribution in [-0.4, -0.2) is 61.7 Å². The molecule has 5 rings (SSSR count). The highest BCUT2D eigenvalue weighted by Crippen LogP contribution is 2.31. The second-order valence-corrected chi connectivity index (χ2v) is 8.06. The van der Waals surface area contributed by atoms with E-state index in [1.165, 1.54) is 0 Å². The Bertz CT molecular complexity index is 1270. The lowest BCUT2D eigenvalue weighted by Crippen LogP contribution is -2.33. The molecule has 1 fully saturated rings. The summed E-state index contributed by atoms with van der Waals surface area (Å²) in [7, 11) is 0. The van der Waals surface area contributed by atoms with Crippen LogP contribution in [0.3, 0.4) is 0 Å². The minimum atomic E-state index is 0.0693. The molecule has 10 heteroatoms. The van der Waals surface area contributed by atoms with Gasteiger partial charge in [-0.15, -0.1) is 5.10 Å². The molecule has 0 bridgehead atoms. The topological polar surface area (TPSA) is 102 Å². The number of imidazole rings is 1. The van der Waals surface area contributed by atoms with E-state index in [0.29, 0.717) is 30.7 Å². The normalized spacial score (nSPS) is 15.7. The van der Waals surface area contributed by atoms with Crippen molar-refractivity contribution in [1.29, 1.82) is 0 Å². The van der Waals surface area contributed by atoms with E-state index >= 15 is 0 Å². The number of ether oxygens (including phenoxy) is 2. The van der Waals surface area contributed by atoms with Crippen LogP contribution < -0.4 is 19.7 Å². The number of nitrogens with one attached hydrogen (secondary N) is 1. The molecule has 1 atom stereocenters. The first-order chi connectivity index (χ1) is 16.7. The number of benzene rings is 1. The molecular formula is C24H29N7O3. The molecule has 34 heavy (non-hydrogen) atoms. The molecule has 4 aromatic rings. The van der Waals surface area contributed by atoms with Crippen molar-refractivity contribution in [1.82, 2.24) is 24.1 Å². The van der Waals surface area contributed by atoms with Gasteiger partial charge < -0.3 is 29.4 Å². The molecule has 0 aliphatic carbocycles. The molecule has 0 amide bonds. The SMILES string of the molecule is CCOc1ccc(-n2cnc(Nc3nc(N4CCC[C@H]4CO)c4cccn4n3)c2)cc1OCC. The fraction of sp³-hybridized carbons (Fsp3) is 0.375. The molecular weight excluding hydrogens is 434 g/mol. The molecule has 0 saturated carbocycles. The van der Waals surface area contributed by atoms with E-state index in [4.69, 9.17) is 14.5 Å². The lowest BCUT2D eigenvalue weighted by Gasteiger charge is -2.25. The van der Waals surface area contributed by atoms with Crippen LogP contribution in [0.25, 0.3) is 11.2 Å². The Hall–Kier alpha value is -3.79. The van der Waals surface area contributed by atoms with Gasteiger partial charge in [-0.05, 0) is 51.0 Å². The van der Waals surface area contributed by atoms with Crippen molar-refractivity contribution >= 4 is 23.1 Å². The molecule has 4 heterocycles. The highest BCUT2D eigenvalue weighted by atomic mass is 16.5. The Labute approximate surface area is 197 Å². The molecule has 3 aromatic heterocycles. The zero-order valence-electron chi connectivity index (χ0n) is 19.4. The highest BCUT2D eigenvalue weighted by Gasteiger charge is 2.27. The van der Waals surface area contributed by atoms with Gasteiger partial charge in [-0.3, -0.25) is 0 Å². The third kappa shape index (κ3) is 4.24. The number of rotatable bonds is 9. The standard InChI is InChI=1S/C24H29N7O3/c1-3-33-20-10-9-17(13-21(20)34-4-2)29-14-22(25-16-29)26-24-27-23(19-8-6-12-31(19)28-24)30-11-5-7-18(30)15-32/h6,8-10,12-14,16,18,32H,3-5,7,11,15H2,1-2H3,(H,26,28)/t18-/m0/s1. The number of hydrogen-bond donors (Lipinski definition) is 2. The Morgan fingerprint density at radius 2 is 2.00 bits per heavy atom. The minimum Gasteiger partial charge on any atom is -0.490 e. The summed E-state index contributed by atoms with van der Waals surface area (Å²) in [5.74, 6) is 3.28. The Balaban J connectivity index is 1.42. The van der Waals surface area contributed by atoms with Crippen LogP contribution in [0, 0.1) is 0 Å². The predicted molar refractivity (Wildman–Crippen MR) is 130 cm³/mol. The molecule has 10 nitrogen and oxygen atoms in total. The van der Waals surface area contributed by atoms with Gasteiger partial charge in [-0.25, -0.2) is 9.50 Å². The van der Waals surface area contributed by atoms with Gasteiger partial charge in [-0.1, -0.05) is 0 Å². The maximum Gasteiger partial charge on any atom is 0.248 e. The van der Waals surface area contributed by atoms with Crippen LogP contribution in [0.1, 0.15) is 26.7 Å². The Morgan fingerprint density at radius 3 is 2.82 bits per heavy atom. The van der Waals surface area contributed by atoms with E-state index in [1.807, 2.05) is 61.1 Å². The van der Waals surface area contributed by atoms with Crippen LogP contribution in [0.15, 0.2) is 49.1 Å². The van der Waals surface area contributed by atoms with E-state index in [9.17, 15) is 5.11 Å². The van der Waals surface area contributed by atoms with Gasteiger partial charge in [0.15, 0.2) is 23.1 Å². The third-order valence-corrected chi connectivity index (χ3v) is 5.88. The molecule has 0 spiro atoms. The number of aliphatic hydroxyl groups is 1. The first kappa shape index (κ1) is 22.0. The smallest absolute Gasteiger partial charge is 0.248 e. The molecule has 1 aliphatic heterocycles. The average Bonchev–Trinajstić information content (AvgIpc) is 3.60. The van der Waals surface area contributed by atoms with E-state index in [-0.39, 0.29) is 12.6 Å². The van der Waals surface area contributed by atoms with Crippen molar-refractivity contribution in [3.05, 3.63) is 49.1 Å². The van der Waals surface area contributed by atoms with Crippen molar-refractivity contribution in [2.75, 3.05) is 36.6 Å². The number of aliphatic hydroxyl groups excluding tert-OH is 1. The van der Waals surface area contributed by atoms with Crippen LogP contribution in [0.2, 0.25) is 0 Å². The first-order valence-electron chi connectivity index (χ1n) is 11.6. The molecule has 178 valence electrons. The lowest BCUT2D eigenvalue weighted by atomic mass is 10.2. The zero-order valence-corrected chi connectivity index (χ0v) is 19.4. The monoisotopic (exact) mass is 463 g/mol. The summed E-state index contributed by atoms with van der Waals surface area (Å²) >= 11 is 0. The second kappa shape index (κ2) is 9.60. The molecule has 2 N–H and O–H groups in total. The number of hydrogen-bond acceptors (Lipinski definition) is 8. The van der Waals surface area contributed by atoms with Crippen molar-refractivity contribution < 1.29 is 14.6 Å². The van der Waals surface area contributed by atoms with Gasteiger partial charge in [0.05, 0.1) is 37.7 Å². The van der Waals surface area contributed by atoms with Gasteiger partial charge in [0.25, 0.3) is 0 Å². The Morgan fingerprint density at radius 1 is 1.15 bits per heavy atom. The zero-order chi connectivity index (χ0) is 23.5. The van der Waals surface area contributed by atoms with Crippen LogP contribution in [0.4, 0.5) is 17.6 Å². The summed E-state index contributed by atoms with van der Waals surface area (Å²) in [5, 5.41) is 17.6. The number of fused-ring (bicyclic) bond motifs is 1. The fourth-order valence-electron chi connectivity index (χ4n) is 4.33. The van der Waals surface area contributed by atoms with Crippen LogP contribution in [-0.2, 0) is 0 Å². The van der Waals surface area contributed by atoms with E-state index in [1.54, 1.807) is 10.8 Å². The predicted octanol–water partition coefficient (Wildman–Crippen LogP) is 3.42. The molecule has 0 radical (unpaired) electrons. The van der Waals surface area contributed by atoms with E-state index < -0.39 is 0 Å². The van der Waals surface area contributed by atoms with Crippen molar-refractivity contribution in [2.45, 2.75) is 32.7 Å². The summed E-state index contributed by atoms with van der Waals surface area (Å²) in [6.07, 6.45) is 7.47. The summed E-state index contributed by atoms with van der Waals surface area (Å²) < 4.78 is 15.1. The van der Waals surface area contributed by atoms with E-state index in [2.05, 4.69) is 20.3 Å². The minimum absolute atomic E-state index is 0.0693.